The van der Waals surface area contributed by atoms with Gasteiger partial charge in [0, 0.05) is 59.9 Å². The summed E-state index contributed by atoms with van der Waals surface area (Å²) >= 11 is 0. The third-order valence-corrected chi connectivity index (χ3v) is 8.65. The molecular formula is C34H42N8. The Morgan fingerprint density at radius 1 is 1.12 bits per heavy atom. The van der Waals surface area contributed by atoms with Crippen molar-refractivity contribution in [1.82, 2.24) is 30.4 Å². The molecule has 4 aromatic rings. The van der Waals surface area contributed by atoms with Crippen molar-refractivity contribution in [3.05, 3.63) is 77.2 Å². The molecule has 3 aromatic heterocycles. The monoisotopic (exact) mass is 562 g/mol. The van der Waals surface area contributed by atoms with Gasteiger partial charge in [-0.15, -0.1) is 0 Å². The van der Waals surface area contributed by atoms with Crippen molar-refractivity contribution in [2.75, 3.05) is 56.5 Å². The van der Waals surface area contributed by atoms with Crippen molar-refractivity contribution in [2.45, 2.75) is 26.2 Å². The first kappa shape index (κ1) is 28.0. The summed E-state index contributed by atoms with van der Waals surface area (Å²) in [6, 6.07) is 10.8. The van der Waals surface area contributed by atoms with Crippen LogP contribution in [-0.4, -0.2) is 71.4 Å². The minimum atomic E-state index is 0.693. The van der Waals surface area contributed by atoms with Crippen LogP contribution in [0.25, 0.3) is 40.5 Å². The zero-order valence-corrected chi connectivity index (χ0v) is 24.8. The Kier molecular flexibility index (Phi) is 8.26. The number of nitrogens with zero attached hydrogens (tertiary/aromatic N) is 4. The summed E-state index contributed by atoms with van der Waals surface area (Å²) in [7, 11) is 2.19. The van der Waals surface area contributed by atoms with Crippen LogP contribution >= 0.6 is 0 Å². The predicted molar refractivity (Wildman–Crippen MR) is 176 cm³/mol. The number of aromatic amines is 2. The summed E-state index contributed by atoms with van der Waals surface area (Å²) in [5.41, 5.74) is 8.38. The molecule has 6 rings (SSSR count). The Morgan fingerprint density at radius 3 is 2.74 bits per heavy atom. The van der Waals surface area contributed by atoms with E-state index in [2.05, 4.69) is 104 Å². The lowest BCUT2D eigenvalue weighted by Gasteiger charge is -2.34. The lowest BCUT2D eigenvalue weighted by atomic mass is 9.93. The third-order valence-electron chi connectivity index (χ3n) is 8.65. The van der Waals surface area contributed by atoms with E-state index in [0.29, 0.717) is 5.92 Å². The molecule has 0 spiro atoms. The summed E-state index contributed by atoms with van der Waals surface area (Å²) in [5, 5.41) is 17.7. The van der Waals surface area contributed by atoms with Crippen LogP contribution in [0.5, 0.6) is 0 Å². The second kappa shape index (κ2) is 12.4. The summed E-state index contributed by atoms with van der Waals surface area (Å²) in [6.45, 7) is 17.2. The third kappa shape index (κ3) is 6.20. The quantitative estimate of drug-likeness (QED) is 0.256. The fourth-order valence-electron chi connectivity index (χ4n) is 6.05. The number of benzene rings is 1. The first-order valence-electron chi connectivity index (χ1n) is 15.0. The van der Waals surface area contributed by atoms with Crippen molar-refractivity contribution in [2.24, 2.45) is 5.92 Å². The zero-order chi connectivity index (χ0) is 29.1. The average molecular weight is 563 g/mol. The van der Waals surface area contributed by atoms with E-state index in [4.69, 9.17) is 0 Å². The number of hydrogen-bond donors (Lipinski definition) is 4. The molecule has 0 radical (unpaired) electrons. The highest BCUT2D eigenvalue weighted by Gasteiger charge is 2.18. The first-order valence-corrected chi connectivity index (χ1v) is 15.0. The summed E-state index contributed by atoms with van der Waals surface area (Å²) in [4.78, 5) is 12.9. The van der Waals surface area contributed by atoms with E-state index in [-0.39, 0.29) is 0 Å². The maximum absolute atomic E-state index is 4.64. The molecule has 2 fully saturated rings. The predicted octanol–water partition coefficient (Wildman–Crippen LogP) is 4.31. The van der Waals surface area contributed by atoms with Gasteiger partial charge in [0.15, 0.2) is 0 Å². The number of allylic oxidation sites excluding steroid dienone is 3. The van der Waals surface area contributed by atoms with Gasteiger partial charge in [-0.05, 0) is 93.7 Å². The van der Waals surface area contributed by atoms with Crippen LogP contribution in [0, 0.1) is 5.92 Å². The molecular weight excluding hydrogens is 520 g/mol. The number of H-pyrrole nitrogens is 2. The Bertz CT molecular complexity index is 1700. The molecule has 42 heavy (non-hydrogen) atoms. The standard InChI is InChI=1S/C34H42N8/c1-23(27-19-28(22-36-21-27)37-24(2)18-26-10-12-35-13-11-26)8-9-30-25(3)34(40-39-30)32-20-29-31(38-32)6-5-7-33(29)42-16-14-41(4)15-17-42/h5-9,19-22,26,35,37-39H,2-3,10-18H2,1,4H3/b23-8+,30-9+. The fourth-order valence-corrected chi connectivity index (χ4v) is 6.05. The highest BCUT2D eigenvalue weighted by atomic mass is 15.2. The molecule has 0 bridgehead atoms. The Labute approximate surface area is 247 Å². The van der Waals surface area contributed by atoms with Gasteiger partial charge in [-0.2, -0.15) is 5.10 Å². The number of nitrogens with one attached hydrogen (secondary N) is 4. The van der Waals surface area contributed by atoms with E-state index in [1.807, 2.05) is 18.5 Å². The molecule has 218 valence electrons. The maximum atomic E-state index is 4.64. The van der Waals surface area contributed by atoms with Gasteiger partial charge in [-0.3, -0.25) is 10.1 Å². The average Bonchev–Trinajstić information content (AvgIpc) is 3.60. The molecule has 4 N–H and O–H groups in total. The van der Waals surface area contributed by atoms with Crippen LogP contribution in [0.1, 0.15) is 31.7 Å². The van der Waals surface area contributed by atoms with Crippen LogP contribution in [0.2, 0.25) is 0 Å². The van der Waals surface area contributed by atoms with Gasteiger partial charge in [0.1, 0.15) is 5.69 Å². The smallest absolute Gasteiger partial charge is 0.116 e. The molecule has 5 heterocycles. The van der Waals surface area contributed by atoms with Gasteiger partial charge < -0.3 is 25.4 Å². The SMILES string of the molecule is C=C(CC1CCNCC1)Nc1cncc(/C(C)=C/C=c2/[nH]nc(-c3cc4c(N5CCN(C)CC5)cccc4[nH]3)c2=C)c1. The molecule has 2 saturated heterocycles. The number of aromatic nitrogens is 4. The van der Waals surface area contributed by atoms with Gasteiger partial charge in [0.2, 0.25) is 0 Å². The lowest BCUT2D eigenvalue weighted by Crippen LogP contribution is -2.44. The van der Waals surface area contributed by atoms with Gasteiger partial charge in [-0.1, -0.05) is 25.3 Å². The number of fused-ring (bicyclic) bond motifs is 1. The Balaban J connectivity index is 1.19. The molecule has 8 heteroatoms. The lowest BCUT2D eigenvalue weighted by molar-refractivity contribution is 0.313. The first-order chi connectivity index (χ1) is 20.4. The molecule has 2 aliphatic heterocycles. The summed E-state index contributed by atoms with van der Waals surface area (Å²) in [5.74, 6) is 0.693. The van der Waals surface area contributed by atoms with Crippen LogP contribution < -0.4 is 26.1 Å². The molecule has 0 unspecified atom stereocenters. The van der Waals surface area contributed by atoms with Crippen molar-refractivity contribution in [3.8, 4) is 11.4 Å². The van der Waals surface area contributed by atoms with E-state index in [1.165, 1.54) is 23.9 Å². The van der Waals surface area contributed by atoms with Gasteiger partial charge in [0.05, 0.1) is 22.9 Å². The second-order valence-corrected chi connectivity index (χ2v) is 11.8. The number of rotatable bonds is 8. The molecule has 0 aliphatic carbocycles. The Hall–Kier alpha value is -4.14. The largest absolute Gasteiger partial charge is 0.368 e. The molecule has 1 aromatic carbocycles. The number of anilines is 2. The number of hydrogen-bond acceptors (Lipinski definition) is 6. The summed E-state index contributed by atoms with van der Waals surface area (Å²) in [6.07, 6.45) is 11.3. The minimum Gasteiger partial charge on any atom is -0.368 e. The van der Waals surface area contributed by atoms with Crippen LogP contribution in [-0.2, 0) is 0 Å². The van der Waals surface area contributed by atoms with Gasteiger partial charge >= 0.3 is 0 Å². The van der Waals surface area contributed by atoms with E-state index >= 15 is 0 Å². The molecule has 0 saturated carbocycles. The Morgan fingerprint density at radius 2 is 1.93 bits per heavy atom. The van der Waals surface area contributed by atoms with Crippen LogP contribution in [0.4, 0.5) is 11.4 Å². The number of pyridine rings is 1. The molecule has 0 atom stereocenters. The molecule has 2 aliphatic rings. The van der Waals surface area contributed by atoms with Crippen LogP contribution in [0.15, 0.2) is 61.1 Å². The summed E-state index contributed by atoms with van der Waals surface area (Å²) < 4.78 is 0. The second-order valence-electron chi connectivity index (χ2n) is 11.8. The van der Waals surface area contributed by atoms with Gasteiger partial charge in [0.25, 0.3) is 0 Å². The minimum absolute atomic E-state index is 0.693. The number of likely N-dealkylation sites (N-methyl/N-ethyl adjacent to an activating group) is 1. The molecule has 0 amide bonds. The number of piperidine rings is 1. The highest BCUT2D eigenvalue weighted by Crippen LogP contribution is 2.30. The number of piperazine rings is 1. The van der Waals surface area contributed by atoms with Crippen molar-refractivity contribution in [1.29, 1.82) is 0 Å². The highest BCUT2D eigenvalue weighted by molar-refractivity contribution is 5.96. The van der Waals surface area contributed by atoms with E-state index in [0.717, 1.165) is 95.7 Å². The topological polar surface area (TPSA) is 87.9 Å². The van der Waals surface area contributed by atoms with Crippen LogP contribution in [0.3, 0.4) is 0 Å². The van der Waals surface area contributed by atoms with E-state index in [9.17, 15) is 0 Å². The van der Waals surface area contributed by atoms with E-state index < -0.39 is 0 Å². The maximum Gasteiger partial charge on any atom is 0.116 e. The van der Waals surface area contributed by atoms with Crippen molar-refractivity contribution < 1.29 is 0 Å². The van der Waals surface area contributed by atoms with E-state index in [1.54, 1.807) is 0 Å². The molecule has 8 nitrogen and oxygen atoms in total. The van der Waals surface area contributed by atoms with Gasteiger partial charge in [-0.25, -0.2) is 0 Å². The van der Waals surface area contributed by atoms with Crippen molar-refractivity contribution in [3.63, 3.8) is 0 Å². The fraction of sp³-hybridized carbons (Fsp3) is 0.353. The van der Waals surface area contributed by atoms with Crippen molar-refractivity contribution >= 4 is 40.5 Å². The normalized spacial score (nSPS) is 17.7. The zero-order valence-electron chi connectivity index (χ0n) is 24.8.